The van der Waals surface area contributed by atoms with Crippen molar-refractivity contribution >= 4 is 16.6 Å². The van der Waals surface area contributed by atoms with Gasteiger partial charge < -0.3 is 9.54 Å². The van der Waals surface area contributed by atoms with Crippen molar-refractivity contribution in [1.82, 2.24) is 19.6 Å². The fraction of sp³-hybridized carbons (Fsp3) is 0.154. The molecule has 108 valence electrons. The van der Waals surface area contributed by atoms with Crippen molar-refractivity contribution in [2.45, 2.75) is 18.7 Å². The van der Waals surface area contributed by atoms with Gasteiger partial charge in [-0.3, -0.25) is 4.79 Å². The summed E-state index contributed by atoms with van der Waals surface area (Å²) in [6.45, 7) is 3.50. The number of nitrogens with one attached hydrogen (secondary N) is 1. The van der Waals surface area contributed by atoms with E-state index in [2.05, 4.69) is 15.1 Å². The minimum Gasteiger partial charge on any atom is -0.303 e. The Balaban J connectivity index is 2.26. The molecule has 2 aromatic heterocycles. The summed E-state index contributed by atoms with van der Waals surface area (Å²) < 4.78 is 21.7. The van der Waals surface area contributed by atoms with Crippen LogP contribution in [0.3, 0.4) is 0 Å². The van der Waals surface area contributed by atoms with E-state index in [1.807, 2.05) is 0 Å². The average molecular weight is 304 g/mol. The van der Waals surface area contributed by atoms with Crippen LogP contribution in [0, 0.1) is 13.8 Å². The highest BCUT2D eigenvalue weighted by Gasteiger charge is 2.13. The molecule has 1 atom stereocenters. The highest BCUT2D eigenvalue weighted by molar-refractivity contribution is 7.79. The number of H-pyrrole nitrogens is 1. The number of aryl methyl sites for hydroxylation is 2. The van der Waals surface area contributed by atoms with Crippen LogP contribution in [-0.2, 0) is 11.1 Å². The third-order valence-corrected chi connectivity index (χ3v) is 3.80. The predicted molar refractivity (Wildman–Crippen MR) is 77.6 cm³/mol. The van der Waals surface area contributed by atoms with Crippen LogP contribution >= 0.6 is 0 Å². The van der Waals surface area contributed by atoms with Crippen LogP contribution in [-0.4, -0.2) is 28.3 Å². The Morgan fingerprint density at radius 2 is 2.10 bits per heavy atom. The van der Waals surface area contributed by atoms with Gasteiger partial charge in [0.25, 0.3) is 5.56 Å². The summed E-state index contributed by atoms with van der Waals surface area (Å²) in [6, 6.07) is 6.39. The zero-order valence-electron chi connectivity index (χ0n) is 11.3. The molecule has 0 aliphatic rings. The lowest BCUT2D eigenvalue weighted by atomic mass is 10.2. The lowest BCUT2D eigenvalue weighted by molar-refractivity contribution is 0.564. The van der Waals surface area contributed by atoms with Gasteiger partial charge in [-0.1, -0.05) is 12.1 Å². The molecule has 7 nitrogen and oxygen atoms in total. The summed E-state index contributed by atoms with van der Waals surface area (Å²) in [5.41, 5.74) is 1.27. The first-order chi connectivity index (χ1) is 9.97. The minimum atomic E-state index is -2.08. The average Bonchev–Trinajstić information content (AvgIpc) is 2.74. The molecule has 1 aromatic carbocycles. The van der Waals surface area contributed by atoms with Crippen molar-refractivity contribution in [3.05, 3.63) is 46.1 Å². The molecule has 3 aromatic rings. The highest BCUT2D eigenvalue weighted by atomic mass is 32.2. The zero-order valence-corrected chi connectivity index (χ0v) is 12.1. The third-order valence-electron chi connectivity index (χ3n) is 3.15. The van der Waals surface area contributed by atoms with E-state index in [-0.39, 0.29) is 10.5 Å². The second kappa shape index (κ2) is 4.90. The minimum absolute atomic E-state index is 0.244. The van der Waals surface area contributed by atoms with Crippen LogP contribution in [0.25, 0.3) is 16.9 Å². The number of hydrogen-bond donors (Lipinski definition) is 2. The van der Waals surface area contributed by atoms with E-state index >= 15 is 0 Å². The number of imidazole rings is 1. The van der Waals surface area contributed by atoms with Gasteiger partial charge in [0.2, 0.25) is 0 Å². The molecular formula is C13H12N4O3S. The molecule has 0 saturated carbocycles. The Morgan fingerprint density at radius 3 is 2.81 bits per heavy atom. The molecule has 0 fully saturated rings. The van der Waals surface area contributed by atoms with E-state index in [1.54, 1.807) is 26.0 Å². The molecule has 2 heterocycles. The van der Waals surface area contributed by atoms with Gasteiger partial charge in [-0.25, -0.2) is 13.7 Å². The topological polar surface area (TPSA) is 100 Å². The lowest BCUT2D eigenvalue weighted by Gasteiger charge is -2.04. The van der Waals surface area contributed by atoms with Gasteiger partial charge in [-0.15, -0.1) is 5.10 Å². The summed E-state index contributed by atoms with van der Waals surface area (Å²) in [7, 11) is 0. The second-order valence-electron chi connectivity index (χ2n) is 4.58. The summed E-state index contributed by atoms with van der Waals surface area (Å²) in [6.07, 6.45) is 0. The summed E-state index contributed by atoms with van der Waals surface area (Å²) in [5.74, 6) is 0.928. The zero-order chi connectivity index (χ0) is 15.1. The summed E-state index contributed by atoms with van der Waals surface area (Å²) in [4.78, 5) is 19.3. The molecule has 0 radical (unpaired) electrons. The molecular weight excluding hydrogens is 292 g/mol. The fourth-order valence-electron chi connectivity index (χ4n) is 2.21. The number of fused-ring (bicyclic) bond motifs is 1. The first-order valence-electron chi connectivity index (χ1n) is 6.15. The van der Waals surface area contributed by atoms with Gasteiger partial charge in [-0.2, -0.15) is 0 Å². The maximum absolute atomic E-state index is 12.2. The van der Waals surface area contributed by atoms with E-state index in [9.17, 15) is 9.00 Å². The molecule has 0 saturated heterocycles. The largest absolute Gasteiger partial charge is 0.303 e. The number of benzene rings is 1. The van der Waals surface area contributed by atoms with Gasteiger partial charge in [-0.05, 0) is 26.0 Å². The van der Waals surface area contributed by atoms with E-state index < -0.39 is 11.1 Å². The van der Waals surface area contributed by atoms with Gasteiger partial charge in [0.15, 0.2) is 22.4 Å². The molecule has 2 N–H and O–H groups in total. The third kappa shape index (κ3) is 2.28. The van der Waals surface area contributed by atoms with Crippen LogP contribution < -0.4 is 5.56 Å². The maximum atomic E-state index is 12.2. The number of rotatable bonds is 2. The van der Waals surface area contributed by atoms with E-state index in [1.165, 1.54) is 16.6 Å². The van der Waals surface area contributed by atoms with E-state index in [0.717, 1.165) is 0 Å². The van der Waals surface area contributed by atoms with E-state index in [4.69, 9.17) is 4.55 Å². The Labute approximate surface area is 122 Å². The Kier molecular flexibility index (Phi) is 3.19. The van der Waals surface area contributed by atoms with Crippen LogP contribution in [0.4, 0.5) is 0 Å². The Bertz CT molecular complexity index is 929. The highest BCUT2D eigenvalue weighted by Crippen LogP contribution is 2.18. The van der Waals surface area contributed by atoms with Crippen molar-refractivity contribution in [2.75, 3.05) is 0 Å². The van der Waals surface area contributed by atoms with Gasteiger partial charge in [0.05, 0.1) is 10.6 Å². The van der Waals surface area contributed by atoms with Crippen LogP contribution in [0.2, 0.25) is 0 Å². The molecule has 8 heteroatoms. The van der Waals surface area contributed by atoms with Gasteiger partial charge >= 0.3 is 0 Å². The van der Waals surface area contributed by atoms with Crippen LogP contribution in [0.5, 0.6) is 0 Å². The normalized spacial score (nSPS) is 12.7. The second-order valence-corrected chi connectivity index (χ2v) is 5.55. The van der Waals surface area contributed by atoms with Crippen LogP contribution in [0.1, 0.15) is 11.5 Å². The molecule has 0 aliphatic heterocycles. The first-order valence-corrected chi connectivity index (χ1v) is 7.25. The van der Waals surface area contributed by atoms with Crippen molar-refractivity contribution in [1.29, 1.82) is 0 Å². The standard InChI is InChI=1S/C13H12N4O3S/c1-7-11-13(18)15-12(16-17(11)8(2)14-7)9-4-3-5-10(6-9)21(19)20/h3-6H,1-2H3,(H,19,20)(H,15,16,18). The molecule has 0 aliphatic carbocycles. The molecule has 1 unspecified atom stereocenters. The Hall–Kier alpha value is -2.32. The van der Waals surface area contributed by atoms with E-state index in [0.29, 0.717) is 28.4 Å². The quantitative estimate of drug-likeness (QED) is 0.695. The number of nitrogens with zero attached hydrogens (tertiary/aromatic N) is 3. The molecule has 21 heavy (non-hydrogen) atoms. The van der Waals surface area contributed by atoms with Crippen molar-refractivity contribution in [3.8, 4) is 11.4 Å². The van der Waals surface area contributed by atoms with Crippen LogP contribution in [0.15, 0.2) is 34.0 Å². The number of hydrogen-bond acceptors (Lipinski definition) is 4. The number of aromatic amines is 1. The summed E-state index contributed by atoms with van der Waals surface area (Å²) in [5, 5.41) is 4.35. The SMILES string of the molecule is Cc1nc(C)n2nc(-c3cccc(S(=O)O)c3)[nH]c(=O)c12. The summed E-state index contributed by atoms with van der Waals surface area (Å²) >= 11 is -2.08. The van der Waals surface area contributed by atoms with Gasteiger partial charge in [0, 0.05) is 5.56 Å². The lowest BCUT2D eigenvalue weighted by Crippen LogP contribution is -2.15. The van der Waals surface area contributed by atoms with Crippen molar-refractivity contribution in [3.63, 3.8) is 0 Å². The van der Waals surface area contributed by atoms with Crippen molar-refractivity contribution in [2.24, 2.45) is 0 Å². The fourth-order valence-corrected chi connectivity index (χ4v) is 2.64. The molecule has 3 rings (SSSR count). The molecule has 0 spiro atoms. The number of aromatic nitrogens is 4. The monoisotopic (exact) mass is 304 g/mol. The molecule has 0 amide bonds. The first kappa shape index (κ1) is 13.7. The Morgan fingerprint density at radius 1 is 1.33 bits per heavy atom. The molecule has 0 bridgehead atoms. The van der Waals surface area contributed by atoms with Crippen molar-refractivity contribution < 1.29 is 8.76 Å². The maximum Gasteiger partial charge on any atom is 0.277 e. The van der Waals surface area contributed by atoms with Gasteiger partial charge in [0.1, 0.15) is 5.82 Å². The smallest absolute Gasteiger partial charge is 0.277 e. The predicted octanol–water partition coefficient (Wildman–Crippen LogP) is 1.28.